The van der Waals surface area contributed by atoms with Gasteiger partial charge in [-0.1, -0.05) is 27.2 Å². The summed E-state index contributed by atoms with van der Waals surface area (Å²) < 4.78 is 3.09. The lowest BCUT2D eigenvalue weighted by Gasteiger charge is -2.22. The molecule has 0 bridgehead atoms. The molecule has 1 amide bonds. The molecular weight excluding hydrogens is 370 g/mol. The van der Waals surface area contributed by atoms with E-state index in [1.54, 1.807) is 4.68 Å². The zero-order valence-corrected chi connectivity index (χ0v) is 18.0. The molecule has 0 radical (unpaired) electrons. The average Bonchev–Trinajstić information content (AvgIpc) is 2.88. The van der Waals surface area contributed by atoms with Crippen LogP contribution in [0.1, 0.15) is 45.9 Å². The predicted molar refractivity (Wildman–Crippen MR) is 111 cm³/mol. The fraction of sp³-hybridized carbons (Fsp3) is 0.650. The molecule has 0 fully saturated rings. The second-order valence-electron chi connectivity index (χ2n) is 8.74. The minimum atomic E-state index is -0.324. The summed E-state index contributed by atoms with van der Waals surface area (Å²) in [6.45, 7) is 8.10. The van der Waals surface area contributed by atoms with E-state index in [0.717, 1.165) is 25.8 Å². The predicted octanol–water partition coefficient (Wildman–Crippen LogP) is 1.36. The van der Waals surface area contributed by atoms with Gasteiger partial charge in [-0.15, -0.1) is 0 Å². The summed E-state index contributed by atoms with van der Waals surface area (Å²) >= 11 is 0. The van der Waals surface area contributed by atoms with E-state index in [9.17, 15) is 9.59 Å². The molecule has 0 unspecified atom stereocenters. The molecule has 2 aromatic rings. The van der Waals surface area contributed by atoms with Crippen molar-refractivity contribution in [1.82, 2.24) is 29.5 Å². The van der Waals surface area contributed by atoms with Gasteiger partial charge in [0.15, 0.2) is 5.65 Å². The molecule has 0 atom stereocenters. The maximum atomic E-state index is 12.8. The Morgan fingerprint density at radius 1 is 1.24 bits per heavy atom. The Balaban J connectivity index is 2.15. The lowest BCUT2D eigenvalue weighted by molar-refractivity contribution is -0.122. The number of carbonyl (C=O) groups excluding carboxylic acids is 1. The average molecular weight is 402 g/mol. The number of amides is 1. The Morgan fingerprint density at radius 3 is 2.59 bits per heavy atom. The van der Waals surface area contributed by atoms with Crippen molar-refractivity contribution in [2.75, 3.05) is 27.2 Å². The van der Waals surface area contributed by atoms with Crippen LogP contribution in [-0.4, -0.2) is 57.3 Å². The van der Waals surface area contributed by atoms with Crippen molar-refractivity contribution in [2.24, 2.45) is 5.41 Å². The molecule has 9 nitrogen and oxygen atoms in total. The van der Waals surface area contributed by atoms with Crippen molar-refractivity contribution in [3.05, 3.63) is 22.4 Å². The number of aromatic nitrogens is 4. The van der Waals surface area contributed by atoms with Gasteiger partial charge in [-0.25, -0.2) is 9.67 Å². The van der Waals surface area contributed by atoms with Crippen LogP contribution < -0.4 is 10.9 Å². The first kappa shape index (κ1) is 22.6. The lowest BCUT2D eigenvalue weighted by Crippen LogP contribution is -2.35. The fourth-order valence-corrected chi connectivity index (χ4v) is 3.05. The molecule has 0 saturated carbocycles. The van der Waals surface area contributed by atoms with E-state index in [-0.39, 0.29) is 29.3 Å². The molecular formula is C20H31N7O2. The molecule has 0 aliphatic carbocycles. The van der Waals surface area contributed by atoms with E-state index >= 15 is 0 Å². The highest BCUT2D eigenvalue weighted by Gasteiger charge is 2.22. The third kappa shape index (κ3) is 6.39. The number of hydrogen-bond donors (Lipinski definition) is 1. The smallest absolute Gasteiger partial charge is 0.278 e. The third-order valence-corrected chi connectivity index (χ3v) is 4.39. The van der Waals surface area contributed by atoms with Gasteiger partial charge in [-0.3, -0.25) is 14.3 Å². The minimum Gasteiger partial charge on any atom is -0.354 e. The number of nitriles is 1. The van der Waals surface area contributed by atoms with Crippen LogP contribution in [0.4, 0.5) is 0 Å². The van der Waals surface area contributed by atoms with Crippen LogP contribution in [0, 0.1) is 16.7 Å². The Kier molecular flexibility index (Phi) is 7.51. The highest BCUT2D eigenvalue weighted by atomic mass is 16.2. The van der Waals surface area contributed by atoms with Crippen LogP contribution >= 0.6 is 0 Å². The number of nitrogens with zero attached hydrogens (tertiary/aromatic N) is 6. The van der Waals surface area contributed by atoms with Crippen molar-refractivity contribution >= 4 is 16.9 Å². The fourth-order valence-electron chi connectivity index (χ4n) is 3.05. The number of hydrogen-bond acceptors (Lipinski definition) is 6. The van der Waals surface area contributed by atoms with Gasteiger partial charge in [0.1, 0.15) is 18.0 Å². The molecule has 158 valence electrons. The Hall–Kier alpha value is -2.73. The Labute approximate surface area is 171 Å². The summed E-state index contributed by atoms with van der Waals surface area (Å²) in [5.41, 5.74) is -0.0938. The monoisotopic (exact) mass is 401 g/mol. The summed E-state index contributed by atoms with van der Waals surface area (Å²) in [5, 5.41) is 12.3. The van der Waals surface area contributed by atoms with Crippen LogP contribution in [0.25, 0.3) is 11.0 Å². The third-order valence-electron chi connectivity index (χ3n) is 4.39. The van der Waals surface area contributed by atoms with Gasteiger partial charge in [0.05, 0.1) is 0 Å². The zero-order valence-electron chi connectivity index (χ0n) is 18.0. The Morgan fingerprint density at radius 2 is 1.97 bits per heavy atom. The molecule has 0 aromatic carbocycles. The molecule has 29 heavy (non-hydrogen) atoms. The van der Waals surface area contributed by atoms with Gasteiger partial charge in [-0.05, 0) is 38.9 Å². The van der Waals surface area contributed by atoms with Crippen molar-refractivity contribution in [3.8, 4) is 6.07 Å². The van der Waals surface area contributed by atoms with Crippen LogP contribution in [0.3, 0.4) is 0 Å². The molecule has 9 heteroatoms. The van der Waals surface area contributed by atoms with Gasteiger partial charge in [0, 0.05) is 19.3 Å². The number of nitrogens with one attached hydrogen (secondary N) is 1. The van der Waals surface area contributed by atoms with Crippen molar-refractivity contribution in [3.63, 3.8) is 0 Å². The van der Waals surface area contributed by atoms with Gasteiger partial charge in [0.2, 0.25) is 11.7 Å². The standard InChI is InChI=1S/C20H31N7O2/c1-20(2,3)14-27-18-15(12-23-16(11-21)24-18)19(29)26(27)13-17(28)22-9-7-6-8-10-25(4)5/h12H,6-10,13-14H2,1-5H3,(H,22,28). The van der Waals surface area contributed by atoms with Crippen LogP contribution in [0.2, 0.25) is 0 Å². The second-order valence-corrected chi connectivity index (χ2v) is 8.74. The van der Waals surface area contributed by atoms with Gasteiger partial charge < -0.3 is 10.2 Å². The molecule has 0 spiro atoms. The summed E-state index contributed by atoms with van der Waals surface area (Å²) in [6.07, 6.45) is 4.38. The number of unbranched alkanes of at least 4 members (excludes halogenated alkanes) is 2. The first-order valence-corrected chi connectivity index (χ1v) is 9.90. The normalized spacial score (nSPS) is 11.8. The minimum absolute atomic E-state index is 0.000477. The zero-order chi connectivity index (χ0) is 21.6. The van der Waals surface area contributed by atoms with Crippen molar-refractivity contribution in [2.45, 2.75) is 53.1 Å². The molecule has 0 aliphatic heterocycles. The Bertz CT molecular complexity index is 945. The van der Waals surface area contributed by atoms with E-state index in [1.807, 2.05) is 40.9 Å². The van der Waals surface area contributed by atoms with Crippen molar-refractivity contribution in [1.29, 1.82) is 5.26 Å². The first-order chi connectivity index (χ1) is 13.6. The molecule has 0 aliphatic rings. The number of fused-ring (bicyclic) bond motifs is 1. The SMILES string of the molecule is CN(C)CCCCCNC(=O)Cn1c(=O)c2cnc(C#N)nc2n1CC(C)(C)C. The van der Waals surface area contributed by atoms with E-state index in [1.165, 1.54) is 10.9 Å². The highest BCUT2D eigenvalue weighted by Crippen LogP contribution is 2.19. The van der Waals surface area contributed by atoms with E-state index in [2.05, 4.69) is 20.2 Å². The van der Waals surface area contributed by atoms with Crippen LogP contribution in [0.5, 0.6) is 0 Å². The quantitative estimate of drug-likeness (QED) is 0.636. The summed E-state index contributed by atoms with van der Waals surface area (Å²) in [6, 6.07) is 1.90. The molecule has 1 N–H and O–H groups in total. The van der Waals surface area contributed by atoms with Gasteiger partial charge in [-0.2, -0.15) is 10.2 Å². The maximum Gasteiger partial charge on any atom is 0.278 e. The molecule has 0 saturated heterocycles. The van der Waals surface area contributed by atoms with Crippen molar-refractivity contribution < 1.29 is 4.79 Å². The van der Waals surface area contributed by atoms with E-state index < -0.39 is 0 Å². The summed E-state index contributed by atoms with van der Waals surface area (Å²) in [4.78, 5) is 35.5. The maximum absolute atomic E-state index is 12.8. The van der Waals surface area contributed by atoms with Gasteiger partial charge >= 0.3 is 0 Å². The van der Waals surface area contributed by atoms with E-state index in [0.29, 0.717) is 24.1 Å². The van der Waals surface area contributed by atoms with Crippen LogP contribution in [0.15, 0.2) is 11.0 Å². The molecule has 2 heterocycles. The number of rotatable bonds is 9. The summed E-state index contributed by atoms with van der Waals surface area (Å²) in [7, 11) is 4.08. The highest BCUT2D eigenvalue weighted by molar-refractivity contribution is 5.78. The topological polar surface area (TPSA) is 109 Å². The number of carbonyl (C=O) groups is 1. The summed E-state index contributed by atoms with van der Waals surface area (Å²) in [5.74, 6) is -0.217. The van der Waals surface area contributed by atoms with Crippen LogP contribution in [-0.2, 0) is 17.9 Å². The second kappa shape index (κ2) is 9.65. The van der Waals surface area contributed by atoms with E-state index in [4.69, 9.17) is 5.26 Å². The first-order valence-electron chi connectivity index (χ1n) is 9.90. The van der Waals surface area contributed by atoms with Gasteiger partial charge in [0.25, 0.3) is 5.56 Å². The molecule has 2 aromatic heterocycles. The molecule has 2 rings (SSSR count). The largest absolute Gasteiger partial charge is 0.354 e. The lowest BCUT2D eigenvalue weighted by atomic mass is 9.97.